The Bertz CT molecular complexity index is 609. The van der Waals surface area contributed by atoms with Gasteiger partial charge in [0.15, 0.2) is 23.3 Å². The van der Waals surface area contributed by atoms with Crippen molar-refractivity contribution in [3.8, 4) is 0 Å². The molecule has 0 aliphatic rings. The number of hydrogen-bond donors (Lipinski definition) is 1. The highest BCUT2D eigenvalue weighted by Crippen LogP contribution is 2.19. The van der Waals surface area contributed by atoms with Crippen LogP contribution in [0.5, 0.6) is 0 Å². The highest BCUT2D eigenvalue weighted by atomic mass is 19.1. The topological polar surface area (TPSA) is 51.3 Å². The number of nitrogens with zero attached hydrogens (tertiary/aromatic N) is 2. The van der Waals surface area contributed by atoms with E-state index in [1.54, 1.807) is 0 Å². The van der Waals surface area contributed by atoms with Gasteiger partial charge in [0.1, 0.15) is 0 Å². The molecule has 18 heavy (non-hydrogen) atoms. The van der Waals surface area contributed by atoms with Gasteiger partial charge in [0.05, 0.1) is 0 Å². The summed E-state index contributed by atoms with van der Waals surface area (Å²) in [6, 6.07) is 8.17. The minimum absolute atomic E-state index is 0.226. The molecule has 5 heteroatoms. The molecule has 0 saturated carbocycles. The number of nitrogens with two attached hydrogens (primary N) is 1. The van der Waals surface area contributed by atoms with Crippen molar-refractivity contribution in [1.29, 1.82) is 0 Å². The molecule has 1 aromatic carbocycles. The van der Waals surface area contributed by atoms with Crippen LogP contribution in [-0.2, 0) is 0 Å². The number of aliphatic imine (C=N–C) groups is 1. The molecule has 3 nitrogen and oxygen atoms in total. The molecular weight excluding hydrogens is 236 g/mol. The Morgan fingerprint density at radius 1 is 1.22 bits per heavy atom. The van der Waals surface area contributed by atoms with E-state index in [0.29, 0.717) is 6.07 Å². The quantitative estimate of drug-likeness (QED) is 0.829. The van der Waals surface area contributed by atoms with Gasteiger partial charge in [-0.05, 0) is 12.5 Å². The van der Waals surface area contributed by atoms with E-state index in [0.717, 1.165) is 11.1 Å². The molecule has 0 atom stereocenters. The number of nitrogen functional groups attached to an aromatic ring is 1. The second-order valence-corrected chi connectivity index (χ2v) is 3.83. The highest BCUT2D eigenvalue weighted by Gasteiger charge is 2.07. The van der Waals surface area contributed by atoms with Gasteiger partial charge < -0.3 is 5.73 Å². The van der Waals surface area contributed by atoms with E-state index < -0.39 is 11.6 Å². The van der Waals surface area contributed by atoms with Crippen molar-refractivity contribution >= 4 is 17.9 Å². The van der Waals surface area contributed by atoms with Gasteiger partial charge in [-0.25, -0.2) is 18.8 Å². The molecule has 0 aliphatic heterocycles. The number of aryl methyl sites for hydroxylation is 1. The van der Waals surface area contributed by atoms with Gasteiger partial charge >= 0.3 is 0 Å². The van der Waals surface area contributed by atoms with Crippen LogP contribution in [0.15, 0.2) is 35.3 Å². The standard InChI is InChI=1S/C13H11F2N3/c1-8-3-2-4-9(5-8)7-17-13-11(15)6-10(14)12(16)18-13/h2-7H,1H3,(H2,16,18)/b17-7-. The zero-order valence-corrected chi connectivity index (χ0v) is 9.69. The first kappa shape index (κ1) is 12.2. The molecule has 0 saturated heterocycles. The van der Waals surface area contributed by atoms with Crippen molar-refractivity contribution < 1.29 is 8.78 Å². The van der Waals surface area contributed by atoms with Crippen LogP contribution >= 0.6 is 0 Å². The molecule has 0 aliphatic carbocycles. The number of aromatic nitrogens is 1. The van der Waals surface area contributed by atoms with Gasteiger partial charge in [0.2, 0.25) is 0 Å². The zero-order chi connectivity index (χ0) is 13.1. The van der Waals surface area contributed by atoms with Crippen LogP contribution in [-0.4, -0.2) is 11.2 Å². The van der Waals surface area contributed by atoms with Crippen molar-refractivity contribution in [2.75, 3.05) is 5.73 Å². The lowest BCUT2D eigenvalue weighted by Gasteiger charge is -1.99. The molecule has 0 bridgehead atoms. The Morgan fingerprint density at radius 3 is 2.72 bits per heavy atom. The highest BCUT2D eigenvalue weighted by molar-refractivity contribution is 5.81. The third-order valence-electron chi connectivity index (χ3n) is 2.32. The maximum Gasteiger partial charge on any atom is 0.190 e. The van der Waals surface area contributed by atoms with Crippen molar-refractivity contribution in [3.63, 3.8) is 0 Å². The van der Waals surface area contributed by atoms with E-state index in [9.17, 15) is 8.78 Å². The Balaban J connectivity index is 2.32. The average Bonchev–Trinajstić information content (AvgIpc) is 2.32. The number of hydrogen-bond acceptors (Lipinski definition) is 3. The summed E-state index contributed by atoms with van der Waals surface area (Å²) in [5.41, 5.74) is 7.12. The fourth-order valence-electron chi connectivity index (χ4n) is 1.45. The van der Waals surface area contributed by atoms with Crippen LogP contribution in [0.3, 0.4) is 0 Å². The SMILES string of the molecule is Cc1cccc(/C=N\c2nc(N)c(F)cc2F)c1. The van der Waals surface area contributed by atoms with Gasteiger partial charge in [-0.2, -0.15) is 0 Å². The smallest absolute Gasteiger partial charge is 0.190 e. The summed E-state index contributed by atoms with van der Waals surface area (Å²) in [6.07, 6.45) is 1.45. The van der Waals surface area contributed by atoms with Crippen LogP contribution in [0, 0.1) is 18.6 Å². The van der Waals surface area contributed by atoms with Crippen LogP contribution < -0.4 is 5.73 Å². The number of rotatable bonds is 2. The molecule has 0 radical (unpaired) electrons. The third kappa shape index (κ3) is 2.68. The summed E-state index contributed by atoms with van der Waals surface area (Å²) < 4.78 is 26.2. The Kier molecular flexibility index (Phi) is 3.32. The van der Waals surface area contributed by atoms with Crippen molar-refractivity contribution in [3.05, 3.63) is 53.1 Å². The zero-order valence-electron chi connectivity index (χ0n) is 9.69. The monoisotopic (exact) mass is 247 g/mol. The van der Waals surface area contributed by atoms with Crippen molar-refractivity contribution in [2.45, 2.75) is 6.92 Å². The van der Waals surface area contributed by atoms with Gasteiger partial charge in [-0.3, -0.25) is 0 Å². The first-order valence-corrected chi connectivity index (χ1v) is 5.28. The molecule has 0 spiro atoms. The largest absolute Gasteiger partial charge is 0.381 e. The number of anilines is 1. The third-order valence-corrected chi connectivity index (χ3v) is 2.32. The van der Waals surface area contributed by atoms with Crippen LogP contribution in [0.25, 0.3) is 0 Å². The van der Waals surface area contributed by atoms with Gasteiger partial charge in [-0.15, -0.1) is 0 Å². The number of benzene rings is 1. The lowest BCUT2D eigenvalue weighted by atomic mass is 10.1. The van der Waals surface area contributed by atoms with Crippen LogP contribution in [0.4, 0.5) is 20.4 Å². The molecule has 2 N–H and O–H groups in total. The number of pyridine rings is 1. The Hall–Kier alpha value is -2.30. The Morgan fingerprint density at radius 2 is 2.00 bits per heavy atom. The first-order valence-electron chi connectivity index (χ1n) is 5.28. The summed E-state index contributed by atoms with van der Waals surface area (Å²) >= 11 is 0. The van der Waals surface area contributed by atoms with E-state index >= 15 is 0 Å². The minimum atomic E-state index is -0.887. The van der Waals surface area contributed by atoms with Crippen molar-refractivity contribution in [2.24, 2.45) is 4.99 Å². The summed E-state index contributed by atoms with van der Waals surface area (Å²) in [4.78, 5) is 7.40. The Labute approximate surface area is 103 Å². The van der Waals surface area contributed by atoms with Crippen molar-refractivity contribution in [1.82, 2.24) is 4.98 Å². The molecule has 0 unspecified atom stereocenters. The molecule has 2 rings (SSSR count). The molecule has 0 fully saturated rings. The van der Waals surface area contributed by atoms with E-state index in [2.05, 4.69) is 9.98 Å². The molecule has 2 aromatic rings. The molecule has 1 aromatic heterocycles. The predicted molar refractivity (Wildman–Crippen MR) is 67.0 cm³/mol. The normalized spacial score (nSPS) is 11.1. The molecular formula is C13H11F2N3. The molecule has 92 valence electrons. The summed E-state index contributed by atoms with van der Waals surface area (Å²) in [7, 11) is 0. The molecule has 0 amide bonds. The summed E-state index contributed by atoms with van der Waals surface area (Å²) in [5.74, 6) is -2.32. The lowest BCUT2D eigenvalue weighted by molar-refractivity contribution is 0.579. The number of halogens is 2. The minimum Gasteiger partial charge on any atom is -0.381 e. The van der Waals surface area contributed by atoms with E-state index in [-0.39, 0.29) is 11.6 Å². The van der Waals surface area contributed by atoms with Gasteiger partial charge in [-0.1, -0.05) is 29.8 Å². The maximum absolute atomic E-state index is 13.3. The van der Waals surface area contributed by atoms with E-state index in [1.807, 2.05) is 31.2 Å². The van der Waals surface area contributed by atoms with Crippen LogP contribution in [0.1, 0.15) is 11.1 Å². The van der Waals surface area contributed by atoms with Gasteiger partial charge in [0.25, 0.3) is 0 Å². The second kappa shape index (κ2) is 4.91. The van der Waals surface area contributed by atoms with Crippen LogP contribution in [0.2, 0.25) is 0 Å². The fourth-order valence-corrected chi connectivity index (χ4v) is 1.45. The lowest BCUT2D eigenvalue weighted by Crippen LogP contribution is -1.96. The molecule has 1 heterocycles. The first-order chi connectivity index (χ1) is 8.56. The van der Waals surface area contributed by atoms with Gasteiger partial charge in [0, 0.05) is 12.3 Å². The van der Waals surface area contributed by atoms with E-state index in [4.69, 9.17) is 5.73 Å². The average molecular weight is 247 g/mol. The van der Waals surface area contributed by atoms with E-state index in [1.165, 1.54) is 6.21 Å². The summed E-state index contributed by atoms with van der Waals surface area (Å²) in [5, 5.41) is 0. The second-order valence-electron chi connectivity index (χ2n) is 3.83. The summed E-state index contributed by atoms with van der Waals surface area (Å²) in [6.45, 7) is 1.94. The predicted octanol–water partition coefficient (Wildman–Crippen LogP) is 3.00. The fraction of sp³-hybridized carbons (Fsp3) is 0.0769. The maximum atomic E-state index is 13.3.